The molecule has 0 aromatic carbocycles. The number of carbonyl (C=O) groups excluding carboxylic acids is 1. The van der Waals surface area contributed by atoms with Crippen LogP contribution in [0.3, 0.4) is 0 Å². The highest BCUT2D eigenvalue weighted by molar-refractivity contribution is 14.1. The van der Waals surface area contributed by atoms with Gasteiger partial charge in [-0.3, -0.25) is 4.79 Å². The third kappa shape index (κ3) is 5.94. The van der Waals surface area contributed by atoms with Gasteiger partial charge in [0.15, 0.2) is 0 Å². The molecule has 0 aromatic heterocycles. The molecule has 4 heteroatoms. The Morgan fingerprint density at radius 3 is 2.56 bits per heavy atom. The molecule has 39 heavy (non-hydrogen) atoms. The zero-order valence-electron chi connectivity index (χ0n) is 24.7. The van der Waals surface area contributed by atoms with Crippen LogP contribution in [-0.4, -0.2) is 28.7 Å². The third-order valence-electron chi connectivity index (χ3n) is 11.3. The standard InChI is InChI=1S/C35H53IO3/c1-7-11-13-17-27-23-26(16-9-3)30(10-4)35(27,24-37)25(5)34(22-21-32(38)39-6)31-20-15-14-19-28(31)29(33(34)36)18-12-8-2/h7-8,10-11,13-15,25-31,33,37H,1-2,4,9,12,16-24H2,3,5-6H3/b13-11-/t25?,26-,27?,28?,29?,30?,31?,33?,34?,35?/m0/s1. The maximum atomic E-state index is 12.7. The van der Waals surface area contributed by atoms with E-state index >= 15 is 0 Å². The predicted octanol–water partition coefficient (Wildman–Crippen LogP) is 8.89. The summed E-state index contributed by atoms with van der Waals surface area (Å²) in [7, 11) is 1.50. The molecule has 3 nitrogen and oxygen atoms in total. The van der Waals surface area contributed by atoms with E-state index in [9.17, 15) is 9.90 Å². The van der Waals surface area contributed by atoms with E-state index in [4.69, 9.17) is 4.74 Å². The smallest absolute Gasteiger partial charge is 0.305 e. The van der Waals surface area contributed by atoms with Crippen LogP contribution in [-0.2, 0) is 9.53 Å². The van der Waals surface area contributed by atoms with Gasteiger partial charge in [-0.2, -0.15) is 0 Å². The molecule has 0 amide bonds. The fourth-order valence-electron chi connectivity index (χ4n) is 9.63. The molecule has 9 unspecified atom stereocenters. The minimum atomic E-state index is -0.286. The van der Waals surface area contributed by atoms with Crippen LogP contribution in [0.5, 0.6) is 0 Å². The first-order valence-electron chi connectivity index (χ1n) is 15.3. The highest BCUT2D eigenvalue weighted by Crippen LogP contribution is 2.71. The number of halogens is 1. The summed E-state index contributed by atoms with van der Waals surface area (Å²) in [6.07, 6.45) is 25.1. The summed E-state index contributed by atoms with van der Waals surface area (Å²) in [5.74, 6) is 2.89. The van der Waals surface area contributed by atoms with E-state index in [1.165, 1.54) is 7.11 Å². The number of hydrogen-bond donors (Lipinski definition) is 1. The molecule has 0 radical (unpaired) electrons. The Morgan fingerprint density at radius 1 is 1.21 bits per heavy atom. The largest absolute Gasteiger partial charge is 0.469 e. The number of aliphatic hydroxyl groups excluding tert-OH is 1. The van der Waals surface area contributed by atoms with Gasteiger partial charge in [0.2, 0.25) is 0 Å². The maximum Gasteiger partial charge on any atom is 0.305 e. The summed E-state index contributed by atoms with van der Waals surface area (Å²) in [6, 6.07) is 0. The Balaban J connectivity index is 2.21. The van der Waals surface area contributed by atoms with E-state index in [0.29, 0.717) is 39.9 Å². The van der Waals surface area contributed by atoms with Gasteiger partial charge in [-0.05, 0) is 91.8 Å². The number of alkyl halides is 1. The monoisotopic (exact) mass is 648 g/mol. The summed E-state index contributed by atoms with van der Waals surface area (Å²) in [6.45, 7) is 17.2. The minimum Gasteiger partial charge on any atom is -0.469 e. The number of rotatable bonds is 15. The van der Waals surface area contributed by atoms with E-state index in [-0.39, 0.29) is 35.2 Å². The van der Waals surface area contributed by atoms with E-state index in [0.717, 1.165) is 57.8 Å². The van der Waals surface area contributed by atoms with Gasteiger partial charge in [0.05, 0.1) is 7.11 Å². The van der Waals surface area contributed by atoms with Crippen LogP contribution in [0.2, 0.25) is 0 Å². The minimum absolute atomic E-state index is 0.0818. The zero-order chi connectivity index (χ0) is 28.6. The van der Waals surface area contributed by atoms with E-state index in [2.05, 4.69) is 92.6 Å². The van der Waals surface area contributed by atoms with Crippen molar-refractivity contribution in [2.45, 2.75) is 82.0 Å². The van der Waals surface area contributed by atoms with Crippen molar-refractivity contribution < 1.29 is 14.6 Å². The van der Waals surface area contributed by atoms with Crippen LogP contribution in [0.1, 0.15) is 78.1 Å². The van der Waals surface area contributed by atoms with Gasteiger partial charge in [0, 0.05) is 22.4 Å². The second-order valence-electron chi connectivity index (χ2n) is 12.5. The molecule has 0 saturated heterocycles. The van der Waals surface area contributed by atoms with E-state index in [1.54, 1.807) is 0 Å². The molecule has 0 aromatic rings. The van der Waals surface area contributed by atoms with Crippen molar-refractivity contribution in [2.75, 3.05) is 13.7 Å². The molecule has 2 fully saturated rings. The maximum absolute atomic E-state index is 12.7. The highest BCUT2D eigenvalue weighted by atomic mass is 127. The Kier molecular flexibility index (Phi) is 12.2. The number of methoxy groups -OCH3 is 1. The second-order valence-corrected chi connectivity index (χ2v) is 13.8. The predicted molar refractivity (Wildman–Crippen MR) is 173 cm³/mol. The molecule has 1 N–H and O–H groups in total. The van der Waals surface area contributed by atoms with Crippen molar-refractivity contribution >= 4 is 28.6 Å². The van der Waals surface area contributed by atoms with Gasteiger partial charge in [-0.1, -0.05) is 98.4 Å². The Labute approximate surface area is 252 Å². The topological polar surface area (TPSA) is 46.5 Å². The summed E-state index contributed by atoms with van der Waals surface area (Å²) in [5.41, 5.74) is -0.368. The first kappa shape index (κ1) is 32.4. The summed E-state index contributed by atoms with van der Waals surface area (Å²) in [5, 5.41) is 11.6. The first-order valence-corrected chi connectivity index (χ1v) is 16.6. The molecular formula is C35H53IO3. The summed E-state index contributed by atoms with van der Waals surface area (Å²) >= 11 is 2.77. The molecule has 3 rings (SSSR count). The molecule has 3 aliphatic rings. The van der Waals surface area contributed by atoms with E-state index in [1.807, 2.05) is 6.08 Å². The lowest BCUT2D eigenvalue weighted by atomic mass is 9.50. The first-order chi connectivity index (χ1) is 18.8. The number of ether oxygens (including phenoxy) is 1. The average Bonchev–Trinajstić information content (AvgIpc) is 3.39. The lowest BCUT2D eigenvalue weighted by molar-refractivity contribution is -0.143. The molecule has 0 aliphatic heterocycles. The third-order valence-corrected chi connectivity index (χ3v) is 13.4. The van der Waals surface area contributed by atoms with Crippen molar-refractivity contribution in [3.8, 4) is 0 Å². The average molecular weight is 649 g/mol. The van der Waals surface area contributed by atoms with Crippen molar-refractivity contribution in [2.24, 2.45) is 52.3 Å². The van der Waals surface area contributed by atoms with Crippen molar-refractivity contribution in [3.63, 3.8) is 0 Å². The number of fused-ring (bicyclic) bond motifs is 1. The SMILES string of the molecule is C=C/C=C\CC1C[C@H](CCC)C(C=C)C1(CO)C(C)C1(CCC(=O)OC)C(I)C(CCC=C)C2CC=CCC21. The molecule has 0 spiro atoms. The van der Waals surface area contributed by atoms with Crippen LogP contribution in [0.15, 0.2) is 62.3 Å². The van der Waals surface area contributed by atoms with Crippen LogP contribution in [0.4, 0.5) is 0 Å². The van der Waals surface area contributed by atoms with Gasteiger partial charge in [0.1, 0.15) is 0 Å². The van der Waals surface area contributed by atoms with Crippen LogP contribution in [0.25, 0.3) is 0 Å². The zero-order valence-corrected chi connectivity index (χ0v) is 26.9. The molecule has 218 valence electrons. The van der Waals surface area contributed by atoms with Crippen molar-refractivity contribution in [1.29, 1.82) is 0 Å². The molecule has 3 aliphatic carbocycles. The fourth-order valence-corrected chi connectivity index (χ4v) is 11.8. The van der Waals surface area contributed by atoms with Crippen LogP contribution < -0.4 is 0 Å². The van der Waals surface area contributed by atoms with Crippen molar-refractivity contribution in [3.05, 3.63) is 62.3 Å². The normalized spacial score (nSPS) is 38.4. The summed E-state index contributed by atoms with van der Waals surface area (Å²) < 4.78 is 5.61. The second kappa shape index (κ2) is 14.7. The van der Waals surface area contributed by atoms with E-state index < -0.39 is 0 Å². The molecule has 10 atom stereocenters. The van der Waals surface area contributed by atoms with Gasteiger partial charge >= 0.3 is 5.97 Å². The Hall–Kier alpha value is -1.14. The van der Waals surface area contributed by atoms with Crippen molar-refractivity contribution in [1.82, 2.24) is 0 Å². The van der Waals surface area contributed by atoms with Gasteiger partial charge < -0.3 is 9.84 Å². The highest BCUT2D eigenvalue weighted by Gasteiger charge is 2.67. The molecule has 0 heterocycles. The summed E-state index contributed by atoms with van der Waals surface area (Å²) in [4.78, 5) is 12.7. The number of aliphatic hydroxyl groups is 1. The van der Waals surface area contributed by atoms with Gasteiger partial charge in [-0.25, -0.2) is 0 Å². The quantitative estimate of drug-likeness (QED) is 0.0635. The van der Waals surface area contributed by atoms with Crippen LogP contribution >= 0.6 is 22.6 Å². The molecular weight excluding hydrogens is 595 g/mol. The van der Waals surface area contributed by atoms with Gasteiger partial charge in [0.25, 0.3) is 0 Å². The fraction of sp³-hybridized carbons (Fsp3) is 0.686. The molecule has 0 bridgehead atoms. The van der Waals surface area contributed by atoms with Crippen LogP contribution in [0, 0.1) is 52.3 Å². The number of carbonyl (C=O) groups is 1. The van der Waals surface area contributed by atoms with Gasteiger partial charge in [-0.15, -0.1) is 13.2 Å². The Morgan fingerprint density at radius 2 is 1.95 bits per heavy atom. The Bertz CT molecular complexity index is 908. The lowest BCUT2D eigenvalue weighted by Crippen LogP contribution is -2.54. The number of hydrogen-bond acceptors (Lipinski definition) is 3. The number of esters is 1. The number of allylic oxidation sites excluding steroid dienone is 7. The molecule has 2 saturated carbocycles. The lowest BCUT2D eigenvalue weighted by Gasteiger charge is -2.55.